The summed E-state index contributed by atoms with van der Waals surface area (Å²) in [6, 6.07) is 8.49. The predicted molar refractivity (Wildman–Crippen MR) is 55.6 cm³/mol. The van der Waals surface area contributed by atoms with Crippen LogP contribution in [-0.4, -0.2) is 18.0 Å². The van der Waals surface area contributed by atoms with Crippen molar-refractivity contribution < 1.29 is 9.53 Å². The molecule has 6 heteroatoms. The highest BCUT2D eigenvalue weighted by Gasteiger charge is 2.07. The minimum absolute atomic E-state index is 0.300. The lowest BCUT2D eigenvalue weighted by atomic mass is 10.2. The number of guanidine groups is 1. The van der Waals surface area contributed by atoms with E-state index in [1.807, 2.05) is 0 Å². The van der Waals surface area contributed by atoms with Gasteiger partial charge in [0.15, 0.2) is 5.96 Å². The van der Waals surface area contributed by atoms with E-state index in [-0.39, 0.29) is 5.90 Å². The van der Waals surface area contributed by atoms with Crippen molar-refractivity contribution in [3.8, 4) is 0 Å². The number of nitrogens with two attached hydrogens (primary N) is 2. The predicted octanol–water partition coefficient (Wildman–Crippen LogP) is 0.422. The molecule has 1 rings (SSSR count). The summed E-state index contributed by atoms with van der Waals surface area (Å²) >= 11 is 0. The Morgan fingerprint density at radius 3 is 2.40 bits per heavy atom. The molecular formula is C9H10N4O2. The van der Waals surface area contributed by atoms with Crippen LogP contribution < -0.4 is 11.5 Å². The van der Waals surface area contributed by atoms with Crippen LogP contribution in [0.2, 0.25) is 0 Å². The molecule has 6 nitrogen and oxygen atoms in total. The number of rotatable bonds is 1. The van der Waals surface area contributed by atoms with E-state index in [2.05, 4.69) is 9.73 Å². The lowest BCUT2D eigenvalue weighted by molar-refractivity contribution is 0.208. The molecule has 1 aromatic rings. The number of hydrogen-bond acceptors (Lipinski definition) is 3. The van der Waals surface area contributed by atoms with Crippen LogP contribution in [0.15, 0.2) is 35.3 Å². The maximum absolute atomic E-state index is 10.9. The molecular weight excluding hydrogens is 196 g/mol. The average molecular weight is 206 g/mol. The van der Waals surface area contributed by atoms with E-state index >= 15 is 0 Å². The van der Waals surface area contributed by atoms with Crippen molar-refractivity contribution in [1.29, 1.82) is 5.41 Å². The van der Waals surface area contributed by atoms with Gasteiger partial charge in [-0.1, -0.05) is 18.2 Å². The fraction of sp³-hybridized carbons (Fsp3) is 0. The number of ether oxygens (including phenoxy) is 1. The first-order valence-corrected chi connectivity index (χ1v) is 4.05. The zero-order valence-corrected chi connectivity index (χ0v) is 7.81. The molecule has 5 N–H and O–H groups in total. The standard InChI is InChI=1S/C9H10N4O2/c10-7(6-4-2-1-3-5-6)15-9(14)13-8(11)12/h1-5,10H,(H4,11,12,13,14). The Balaban J connectivity index is 2.65. The molecule has 0 saturated heterocycles. The Labute approximate surface area is 86.1 Å². The number of carbonyl (C=O) groups is 1. The van der Waals surface area contributed by atoms with Crippen LogP contribution in [-0.2, 0) is 4.74 Å². The van der Waals surface area contributed by atoms with Gasteiger partial charge in [-0.15, -0.1) is 4.99 Å². The molecule has 0 fully saturated rings. The Morgan fingerprint density at radius 1 is 1.27 bits per heavy atom. The first-order valence-electron chi connectivity index (χ1n) is 4.05. The van der Waals surface area contributed by atoms with Crippen LogP contribution in [0.1, 0.15) is 5.56 Å². The van der Waals surface area contributed by atoms with Gasteiger partial charge in [0.05, 0.1) is 0 Å². The van der Waals surface area contributed by atoms with Crippen molar-refractivity contribution in [2.45, 2.75) is 0 Å². The van der Waals surface area contributed by atoms with Crippen LogP contribution in [0.5, 0.6) is 0 Å². The van der Waals surface area contributed by atoms with Crippen molar-refractivity contribution in [2.75, 3.05) is 0 Å². The molecule has 0 aliphatic heterocycles. The second kappa shape index (κ2) is 4.75. The second-order valence-corrected chi connectivity index (χ2v) is 2.60. The van der Waals surface area contributed by atoms with Gasteiger partial charge >= 0.3 is 6.09 Å². The molecule has 0 bridgehead atoms. The highest BCUT2D eigenvalue weighted by Crippen LogP contribution is 2.01. The number of aliphatic imine (C=N–C) groups is 1. The Bertz CT molecular complexity index is 396. The van der Waals surface area contributed by atoms with E-state index in [9.17, 15) is 4.79 Å². The van der Waals surface area contributed by atoms with Crippen LogP contribution in [0.4, 0.5) is 4.79 Å². The summed E-state index contributed by atoms with van der Waals surface area (Å²) < 4.78 is 4.54. The van der Waals surface area contributed by atoms with E-state index in [0.29, 0.717) is 5.56 Å². The zero-order chi connectivity index (χ0) is 11.3. The molecule has 15 heavy (non-hydrogen) atoms. The Morgan fingerprint density at radius 2 is 1.87 bits per heavy atom. The minimum Gasteiger partial charge on any atom is -0.390 e. The van der Waals surface area contributed by atoms with E-state index in [0.717, 1.165) is 0 Å². The maximum Gasteiger partial charge on any atom is 0.443 e. The Kier molecular flexibility index (Phi) is 3.39. The molecule has 0 atom stereocenters. The SMILES string of the molecule is N=C(OC(=O)N=C(N)N)c1ccccc1. The van der Waals surface area contributed by atoms with Crippen LogP contribution in [0, 0.1) is 5.41 Å². The first-order chi connectivity index (χ1) is 7.09. The third-order valence-electron chi connectivity index (χ3n) is 1.45. The molecule has 78 valence electrons. The van der Waals surface area contributed by atoms with Crippen molar-refractivity contribution >= 4 is 18.0 Å². The number of hydrogen-bond donors (Lipinski definition) is 3. The van der Waals surface area contributed by atoms with Crippen LogP contribution in [0.25, 0.3) is 0 Å². The summed E-state index contributed by atoms with van der Waals surface area (Å²) in [6.45, 7) is 0. The molecule has 0 saturated carbocycles. The van der Waals surface area contributed by atoms with Gasteiger partial charge in [-0.3, -0.25) is 5.41 Å². The molecule has 0 radical (unpaired) electrons. The largest absolute Gasteiger partial charge is 0.443 e. The normalized spacial score (nSPS) is 9.07. The molecule has 0 heterocycles. The number of nitrogens with one attached hydrogen (secondary N) is 1. The third-order valence-corrected chi connectivity index (χ3v) is 1.45. The van der Waals surface area contributed by atoms with Crippen LogP contribution in [0.3, 0.4) is 0 Å². The van der Waals surface area contributed by atoms with Gasteiger partial charge in [-0.2, -0.15) is 0 Å². The number of nitrogens with zero attached hydrogens (tertiary/aromatic N) is 1. The van der Waals surface area contributed by atoms with Crippen LogP contribution >= 0.6 is 0 Å². The molecule has 1 aromatic carbocycles. The highest BCUT2D eigenvalue weighted by atomic mass is 16.6. The van der Waals surface area contributed by atoms with Gasteiger partial charge < -0.3 is 16.2 Å². The van der Waals surface area contributed by atoms with E-state index in [1.54, 1.807) is 30.3 Å². The molecule has 0 aliphatic carbocycles. The van der Waals surface area contributed by atoms with Crippen molar-refractivity contribution in [3.63, 3.8) is 0 Å². The first kappa shape index (κ1) is 10.7. The van der Waals surface area contributed by atoms with Gasteiger partial charge in [0.1, 0.15) is 0 Å². The van der Waals surface area contributed by atoms with Gasteiger partial charge in [0.2, 0.25) is 5.90 Å². The monoisotopic (exact) mass is 206 g/mol. The van der Waals surface area contributed by atoms with Gasteiger partial charge in [-0.25, -0.2) is 4.79 Å². The van der Waals surface area contributed by atoms with Crippen molar-refractivity contribution in [3.05, 3.63) is 35.9 Å². The quantitative estimate of drug-likeness (QED) is 0.456. The van der Waals surface area contributed by atoms with E-state index in [4.69, 9.17) is 16.9 Å². The smallest absolute Gasteiger partial charge is 0.390 e. The third kappa shape index (κ3) is 3.47. The van der Waals surface area contributed by atoms with Gasteiger partial charge in [0, 0.05) is 5.56 Å². The Hall–Kier alpha value is -2.37. The summed E-state index contributed by atoms with van der Waals surface area (Å²) in [5.41, 5.74) is 10.4. The second-order valence-electron chi connectivity index (χ2n) is 2.60. The maximum atomic E-state index is 10.9. The topological polar surface area (TPSA) is 115 Å². The summed E-state index contributed by atoms with van der Waals surface area (Å²) in [6.07, 6.45) is -1.01. The van der Waals surface area contributed by atoms with E-state index in [1.165, 1.54) is 0 Å². The summed E-state index contributed by atoms with van der Waals surface area (Å²) in [5.74, 6) is -0.702. The summed E-state index contributed by atoms with van der Waals surface area (Å²) in [7, 11) is 0. The summed E-state index contributed by atoms with van der Waals surface area (Å²) in [4.78, 5) is 14.0. The number of carbonyl (C=O) groups excluding carboxylic acids is 1. The molecule has 0 aromatic heterocycles. The molecule has 0 aliphatic rings. The average Bonchev–Trinajstić information content (AvgIpc) is 2.17. The summed E-state index contributed by atoms with van der Waals surface area (Å²) in [5, 5.41) is 7.41. The fourth-order valence-electron chi connectivity index (χ4n) is 0.864. The van der Waals surface area contributed by atoms with Gasteiger partial charge in [-0.05, 0) is 12.1 Å². The van der Waals surface area contributed by atoms with Crippen molar-refractivity contribution in [1.82, 2.24) is 0 Å². The zero-order valence-electron chi connectivity index (χ0n) is 7.81. The lowest BCUT2D eigenvalue weighted by Gasteiger charge is -2.01. The molecule has 0 unspecified atom stereocenters. The highest BCUT2D eigenvalue weighted by molar-refractivity contribution is 6.00. The van der Waals surface area contributed by atoms with Gasteiger partial charge in [0.25, 0.3) is 0 Å². The molecule has 0 spiro atoms. The van der Waals surface area contributed by atoms with Crippen molar-refractivity contribution in [2.24, 2.45) is 16.5 Å². The number of benzene rings is 1. The fourth-order valence-corrected chi connectivity index (χ4v) is 0.864. The number of amides is 1. The minimum atomic E-state index is -1.01. The van der Waals surface area contributed by atoms with E-state index < -0.39 is 12.1 Å². The lowest BCUT2D eigenvalue weighted by Crippen LogP contribution is -2.25. The molecule has 1 amide bonds.